The van der Waals surface area contributed by atoms with Gasteiger partial charge in [0.1, 0.15) is 8.07 Å². The highest BCUT2D eigenvalue weighted by molar-refractivity contribution is 7.01. The normalized spacial score (nSPS) is 17.1. The van der Waals surface area contributed by atoms with E-state index >= 15 is 0 Å². The van der Waals surface area contributed by atoms with Gasteiger partial charge < -0.3 is 0 Å². The third kappa shape index (κ3) is 1.79. The van der Waals surface area contributed by atoms with Crippen LogP contribution in [0.15, 0.2) is 48.5 Å². The number of hydrogen-bond donors (Lipinski definition) is 0. The molecule has 1 aliphatic heterocycles. The average molecular weight is 266 g/mol. The van der Waals surface area contributed by atoms with E-state index in [2.05, 4.69) is 75.5 Å². The molecule has 0 saturated carbocycles. The zero-order valence-electron chi connectivity index (χ0n) is 12.3. The third-order valence-electron chi connectivity index (χ3n) is 4.61. The standard InChI is InChI=1S/C18H22Si/c1-13(2)18-14-9-5-7-11-16(14)19(3,4)17-12-8-6-10-15(17)18/h5-13,18H,1-4H3. The van der Waals surface area contributed by atoms with E-state index in [9.17, 15) is 0 Å². The van der Waals surface area contributed by atoms with E-state index in [0.717, 1.165) is 0 Å². The molecular formula is C18H22Si. The summed E-state index contributed by atoms with van der Waals surface area (Å²) in [6.45, 7) is 9.67. The lowest BCUT2D eigenvalue weighted by Crippen LogP contribution is -2.59. The molecule has 0 amide bonds. The molecule has 0 N–H and O–H groups in total. The number of fused-ring (bicyclic) bond motifs is 2. The Balaban J connectivity index is 2.34. The van der Waals surface area contributed by atoms with Crippen molar-refractivity contribution >= 4 is 18.4 Å². The van der Waals surface area contributed by atoms with Crippen molar-refractivity contribution < 1.29 is 0 Å². The molecule has 0 radical (unpaired) electrons. The first-order valence-electron chi connectivity index (χ1n) is 7.22. The molecule has 3 rings (SSSR count). The van der Waals surface area contributed by atoms with Crippen molar-refractivity contribution in [1.29, 1.82) is 0 Å². The summed E-state index contributed by atoms with van der Waals surface area (Å²) in [6.07, 6.45) is 0. The lowest BCUT2D eigenvalue weighted by Gasteiger charge is -2.39. The van der Waals surface area contributed by atoms with E-state index < -0.39 is 8.07 Å². The van der Waals surface area contributed by atoms with E-state index in [-0.39, 0.29) is 0 Å². The van der Waals surface area contributed by atoms with Crippen LogP contribution in [0.5, 0.6) is 0 Å². The van der Waals surface area contributed by atoms with E-state index in [1.165, 1.54) is 0 Å². The van der Waals surface area contributed by atoms with Gasteiger partial charge in [0.25, 0.3) is 0 Å². The van der Waals surface area contributed by atoms with Crippen LogP contribution in [0.1, 0.15) is 30.9 Å². The summed E-state index contributed by atoms with van der Waals surface area (Å²) in [6, 6.07) is 18.3. The summed E-state index contributed by atoms with van der Waals surface area (Å²) < 4.78 is 0. The molecule has 1 heteroatoms. The zero-order chi connectivity index (χ0) is 13.6. The molecule has 0 bridgehead atoms. The molecule has 0 nitrogen and oxygen atoms in total. The molecule has 0 aromatic heterocycles. The van der Waals surface area contributed by atoms with Gasteiger partial charge in [-0.2, -0.15) is 0 Å². The number of benzene rings is 2. The van der Waals surface area contributed by atoms with Crippen molar-refractivity contribution in [3.05, 3.63) is 59.7 Å². The van der Waals surface area contributed by atoms with Crippen molar-refractivity contribution in [3.8, 4) is 0 Å². The molecule has 0 fully saturated rings. The smallest absolute Gasteiger partial charge is 0.0623 e. The Morgan fingerprint density at radius 1 is 0.789 bits per heavy atom. The Morgan fingerprint density at radius 3 is 1.63 bits per heavy atom. The van der Waals surface area contributed by atoms with Crippen molar-refractivity contribution in [1.82, 2.24) is 0 Å². The maximum atomic E-state index is 2.49. The average Bonchev–Trinajstić information content (AvgIpc) is 2.39. The van der Waals surface area contributed by atoms with Crippen LogP contribution in [0.25, 0.3) is 0 Å². The first-order chi connectivity index (χ1) is 9.03. The molecule has 2 aromatic carbocycles. The van der Waals surface area contributed by atoms with Gasteiger partial charge in [0.2, 0.25) is 0 Å². The van der Waals surface area contributed by atoms with Crippen LogP contribution in [0.4, 0.5) is 0 Å². The molecule has 1 aliphatic rings. The van der Waals surface area contributed by atoms with Gasteiger partial charge in [-0.15, -0.1) is 0 Å². The van der Waals surface area contributed by atoms with Gasteiger partial charge in [0, 0.05) is 5.92 Å². The Labute approximate surface area is 117 Å². The molecular weight excluding hydrogens is 244 g/mol. The van der Waals surface area contributed by atoms with Gasteiger partial charge in [-0.3, -0.25) is 0 Å². The Kier molecular flexibility index (Phi) is 2.90. The highest BCUT2D eigenvalue weighted by Gasteiger charge is 2.39. The fourth-order valence-corrected chi connectivity index (χ4v) is 6.94. The fraction of sp³-hybridized carbons (Fsp3) is 0.333. The monoisotopic (exact) mass is 266 g/mol. The van der Waals surface area contributed by atoms with Crippen molar-refractivity contribution in [3.63, 3.8) is 0 Å². The molecule has 0 saturated heterocycles. The predicted octanol–water partition coefficient (Wildman–Crippen LogP) is 3.61. The number of hydrogen-bond acceptors (Lipinski definition) is 0. The van der Waals surface area contributed by atoms with Crippen molar-refractivity contribution in [2.45, 2.75) is 32.9 Å². The second-order valence-electron chi connectivity index (χ2n) is 6.52. The van der Waals surface area contributed by atoms with Gasteiger partial charge in [0.05, 0.1) is 0 Å². The van der Waals surface area contributed by atoms with Crippen LogP contribution < -0.4 is 10.4 Å². The second-order valence-corrected chi connectivity index (χ2v) is 10.8. The van der Waals surface area contributed by atoms with Gasteiger partial charge in [0.15, 0.2) is 0 Å². The highest BCUT2D eigenvalue weighted by Crippen LogP contribution is 2.35. The molecule has 0 aliphatic carbocycles. The molecule has 0 spiro atoms. The molecule has 0 unspecified atom stereocenters. The summed E-state index contributed by atoms with van der Waals surface area (Å²) in [4.78, 5) is 0. The lowest BCUT2D eigenvalue weighted by atomic mass is 9.82. The second kappa shape index (κ2) is 4.34. The van der Waals surface area contributed by atoms with Gasteiger partial charge in [-0.1, -0.05) is 85.8 Å². The molecule has 0 atom stereocenters. The maximum Gasteiger partial charge on any atom is 0.112 e. The minimum Gasteiger partial charge on any atom is -0.0623 e. The molecule has 2 aromatic rings. The van der Waals surface area contributed by atoms with Gasteiger partial charge >= 0.3 is 0 Å². The minimum atomic E-state index is -1.52. The Hall–Kier alpha value is -1.34. The van der Waals surface area contributed by atoms with Crippen LogP contribution in [0, 0.1) is 5.92 Å². The maximum absolute atomic E-state index is 2.49. The summed E-state index contributed by atoms with van der Waals surface area (Å²) in [5, 5.41) is 3.26. The van der Waals surface area contributed by atoms with Gasteiger partial charge in [-0.05, 0) is 17.0 Å². The van der Waals surface area contributed by atoms with Crippen LogP contribution in [0.2, 0.25) is 13.1 Å². The topological polar surface area (TPSA) is 0 Å². The quantitative estimate of drug-likeness (QED) is 0.692. The highest BCUT2D eigenvalue weighted by atomic mass is 28.3. The predicted molar refractivity (Wildman–Crippen MR) is 86.3 cm³/mol. The third-order valence-corrected chi connectivity index (χ3v) is 8.21. The van der Waals surface area contributed by atoms with Crippen molar-refractivity contribution in [2.24, 2.45) is 5.92 Å². The SMILES string of the molecule is CC(C)C1c2ccccc2[Si](C)(C)c2ccccc21. The van der Waals surface area contributed by atoms with Gasteiger partial charge in [-0.25, -0.2) is 0 Å². The van der Waals surface area contributed by atoms with Crippen LogP contribution >= 0.6 is 0 Å². The summed E-state index contributed by atoms with van der Waals surface area (Å²) >= 11 is 0. The Bertz CT molecular complexity index is 561. The minimum absolute atomic E-state index is 0.563. The summed E-state index contributed by atoms with van der Waals surface area (Å²) in [5.74, 6) is 1.21. The van der Waals surface area contributed by atoms with E-state index in [0.29, 0.717) is 11.8 Å². The molecule has 1 heterocycles. The van der Waals surface area contributed by atoms with E-state index in [1.807, 2.05) is 0 Å². The Morgan fingerprint density at radius 2 is 1.21 bits per heavy atom. The van der Waals surface area contributed by atoms with Crippen molar-refractivity contribution in [2.75, 3.05) is 0 Å². The van der Waals surface area contributed by atoms with Crippen LogP contribution in [-0.4, -0.2) is 8.07 Å². The molecule has 98 valence electrons. The zero-order valence-corrected chi connectivity index (χ0v) is 13.3. The van der Waals surface area contributed by atoms with Crippen LogP contribution in [-0.2, 0) is 0 Å². The number of rotatable bonds is 1. The fourth-order valence-electron chi connectivity index (χ4n) is 3.71. The largest absolute Gasteiger partial charge is 0.112 e. The summed E-state index contributed by atoms with van der Waals surface area (Å²) in [5.41, 5.74) is 3.15. The van der Waals surface area contributed by atoms with E-state index in [4.69, 9.17) is 0 Å². The van der Waals surface area contributed by atoms with E-state index in [1.54, 1.807) is 21.5 Å². The van der Waals surface area contributed by atoms with Crippen LogP contribution in [0.3, 0.4) is 0 Å². The molecule has 19 heavy (non-hydrogen) atoms. The summed E-state index contributed by atoms with van der Waals surface area (Å²) in [7, 11) is -1.52. The first kappa shape index (κ1) is 12.7. The lowest BCUT2D eigenvalue weighted by molar-refractivity contribution is 0.566. The first-order valence-corrected chi connectivity index (χ1v) is 10.2.